The maximum Gasteiger partial charge on any atom is 0.124 e. The van der Waals surface area contributed by atoms with Gasteiger partial charge in [0.1, 0.15) is 5.75 Å². The summed E-state index contributed by atoms with van der Waals surface area (Å²) in [5, 5.41) is 12.2. The zero-order valence-electron chi connectivity index (χ0n) is 9.80. The summed E-state index contributed by atoms with van der Waals surface area (Å²) in [5.74, 6) is 0.256. The van der Waals surface area contributed by atoms with E-state index in [-0.39, 0.29) is 5.75 Å². The van der Waals surface area contributed by atoms with Gasteiger partial charge in [-0.3, -0.25) is 0 Å². The van der Waals surface area contributed by atoms with E-state index in [1.807, 2.05) is 54.6 Å². The van der Waals surface area contributed by atoms with E-state index in [0.29, 0.717) is 5.69 Å². The van der Waals surface area contributed by atoms with Gasteiger partial charge in [0.05, 0.1) is 0 Å². The molecule has 88 valence electrons. The lowest BCUT2D eigenvalue weighted by Gasteiger charge is -2.11. The second-order valence-electron chi connectivity index (χ2n) is 4.27. The molecule has 0 bridgehead atoms. The Morgan fingerprint density at radius 2 is 1.50 bits per heavy atom. The number of nitrogen functional groups attached to an aromatic ring is 1. The van der Waals surface area contributed by atoms with E-state index in [1.165, 1.54) is 0 Å². The molecule has 3 aromatic carbocycles. The molecule has 0 saturated heterocycles. The van der Waals surface area contributed by atoms with E-state index in [0.717, 1.165) is 21.9 Å². The minimum Gasteiger partial charge on any atom is -0.507 e. The summed E-state index contributed by atoms with van der Waals surface area (Å²) in [6, 6.07) is 19.2. The van der Waals surface area contributed by atoms with E-state index in [9.17, 15) is 5.11 Å². The van der Waals surface area contributed by atoms with E-state index < -0.39 is 0 Å². The Hall–Kier alpha value is -2.48. The molecule has 18 heavy (non-hydrogen) atoms. The van der Waals surface area contributed by atoms with Crippen LogP contribution in [-0.2, 0) is 0 Å². The second kappa shape index (κ2) is 4.08. The number of aromatic hydroxyl groups is 1. The Bertz CT molecular complexity index is 719. The van der Waals surface area contributed by atoms with Crippen LogP contribution in [0.25, 0.3) is 21.9 Å². The molecule has 0 aliphatic heterocycles. The third-order valence-electron chi connectivity index (χ3n) is 3.14. The third kappa shape index (κ3) is 1.59. The van der Waals surface area contributed by atoms with Crippen LogP contribution in [0.3, 0.4) is 0 Å². The van der Waals surface area contributed by atoms with Gasteiger partial charge in [0.2, 0.25) is 0 Å². The molecule has 0 spiro atoms. The van der Waals surface area contributed by atoms with Crippen molar-refractivity contribution in [2.45, 2.75) is 0 Å². The van der Waals surface area contributed by atoms with Gasteiger partial charge < -0.3 is 10.8 Å². The van der Waals surface area contributed by atoms with Gasteiger partial charge in [-0.05, 0) is 22.9 Å². The first kappa shape index (κ1) is 10.7. The minimum atomic E-state index is 0.256. The van der Waals surface area contributed by atoms with Gasteiger partial charge in [0.15, 0.2) is 0 Å². The van der Waals surface area contributed by atoms with E-state index in [1.54, 1.807) is 6.07 Å². The highest BCUT2D eigenvalue weighted by atomic mass is 16.3. The fraction of sp³-hybridized carbons (Fsp3) is 0. The highest BCUT2D eigenvalue weighted by Crippen LogP contribution is 2.38. The average molecular weight is 235 g/mol. The summed E-state index contributed by atoms with van der Waals surface area (Å²) in [5.41, 5.74) is 8.34. The third-order valence-corrected chi connectivity index (χ3v) is 3.14. The second-order valence-corrected chi connectivity index (χ2v) is 4.27. The lowest BCUT2D eigenvalue weighted by Crippen LogP contribution is -1.90. The monoisotopic (exact) mass is 235 g/mol. The predicted molar refractivity (Wildman–Crippen MR) is 75.5 cm³/mol. The molecule has 0 fully saturated rings. The first-order valence-corrected chi connectivity index (χ1v) is 5.83. The number of anilines is 1. The average Bonchev–Trinajstić information content (AvgIpc) is 2.40. The number of phenols is 1. The molecule has 3 aromatic rings. The molecular formula is C16H13NO. The molecule has 0 atom stereocenters. The molecule has 0 amide bonds. The van der Waals surface area contributed by atoms with Crippen molar-refractivity contribution in [3.63, 3.8) is 0 Å². The standard InChI is InChI=1S/C16H13NO/c17-14-8-4-3-7-13(14)16-12-6-2-1-5-11(12)9-10-15(16)18/h1-10,18H,17H2. The normalized spacial score (nSPS) is 10.7. The number of benzene rings is 3. The topological polar surface area (TPSA) is 46.2 Å². The summed E-state index contributed by atoms with van der Waals surface area (Å²) < 4.78 is 0. The Balaban J connectivity index is 2.42. The zero-order valence-corrected chi connectivity index (χ0v) is 9.80. The fourth-order valence-corrected chi connectivity index (χ4v) is 2.27. The van der Waals surface area contributed by atoms with E-state index in [4.69, 9.17) is 5.73 Å². The Labute approximate surface area is 105 Å². The Kier molecular flexibility index (Phi) is 2.41. The zero-order chi connectivity index (χ0) is 12.5. The van der Waals surface area contributed by atoms with Crippen molar-refractivity contribution in [1.82, 2.24) is 0 Å². The van der Waals surface area contributed by atoms with Crippen LogP contribution in [0.15, 0.2) is 60.7 Å². The fourth-order valence-electron chi connectivity index (χ4n) is 2.27. The number of fused-ring (bicyclic) bond motifs is 1. The molecule has 0 aliphatic rings. The number of para-hydroxylation sites is 1. The molecule has 0 unspecified atom stereocenters. The highest BCUT2D eigenvalue weighted by molar-refractivity contribution is 6.02. The minimum absolute atomic E-state index is 0.256. The number of hydrogen-bond acceptors (Lipinski definition) is 2. The Morgan fingerprint density at radius 1 is 0.778 bits per heavy atom. The lowest BCUT2D eigenvalue weighted by atomic mass is 9.96. The first-order chi connectivity index (χ1) is 8.77. The van der Waals surface area contributed by atoms with Crippen LogP contribution in [0.4, 0.5) is 5.69 Å². The predicted octanol–water partition coefficient (Wildman–Crippen LogP) is 3.79. The molecule has 0 heterocycles. The molecular weight excluding hydrogens is 222 g/mol. The number of rotatable bonds is 1. The molecule has 0 radical (unpaired) electrons. The van der Waals surface area contributed by atoms with Gasteiger partial charge in [-0.1, -0.05) is 48.5 Å². The number of nitrogens with two attached hydrogens (primary N) is 1. The van der Waals surface area contributed by atoms with Crippen LogP contribution in [0.5, 0.6) is 5.75 Å². The summed E-state index contributed by atoms with van der Waals surface area (Å²) in [6.07, 6.45) is 0. The Morgan fingerprint density at radius 3 is 2.33 bits per heavy atom. The molecule has 2 heteroatoms. The van der Waals surface area contributed by atoms with Crippen molar-refractivity contribution in [3.8, 4) is 16.9 Å². The smallest absolute Gasteiger partial charge is 0.124 e. The summed E-state index contributed by atoms with van der Waals surface area (Å²) in [7, 11) is 0. The first-order valence-electron chi connectivity index (χ1n) is 5.83. The van der Waals surface area contributed by atoms with Crippen molar-refractivity contribution in [2.24, 2.45) is 0 Å². The SMILES string of the molecule is Nc1ccccc1-c1c(O)ccc2ccccc12. The quantitative estimate of drug-likeness (QED) is 0.630. The van der Waals surface area contributed by atoms with E-state index in [2.05, 4.69) is 0 Å². The van der Waals surface area contributed by atoms with Gasteiger partial charge in [0, 0.05) is 16.8 Å². The summed E-state index contributed by atoms with van der Waals surface area (Å²) >= 11 is 0. The molecule has 3 N–H and O–H groups in total. The van der Waals surface area contributed by atoms with Gasteiger partial charge in [-0.2, -0.15) is 0 Å². The molecule has 0 saturated carbocycles. The highest BCUT2D eigenvalue weighted by Gasteiger charge is 2.11. The van der Waals surface area contributed by atoms with Crippen LogP contribution in [0, 0.1) is 0 Å². The van der Waals surface area contributed by atoms with Gasteiger partial charge in [0.25, 0.3) is 0 Å². The van der Waals surface area contributed by atoms with Crippen molar-refractivity contribution in [3.05, 3.63) is 60.7 Å². The maximum absolute atomic E-state index is 10.1. The summed E-state index contributed by atoms with van der Waals surface area (Å²) in [4.78, 5) is 0. The van der Waals surface area contributed by atoms with Crippen LogP contribution in [-0.4, -0.2) is 5.11 Å². The molecule has 0 aromatic heterocycles. The van der Waals surface area contributed by atoms with E-state index >= 15 is 0 Å². The van der Waals surface area contributed by atoms with Crippen LogP contribution in [0.2, 0.25) is 0 Å². The van der Waals surface area contributed by atoms with Crippen LogP contribution < -0.4 is 5.73 Å². The molecule has 0 aliphatic carbocycles. The molecule has 2 nitrogen and oxygen atoms in total. The largest absolute Gasteiger partial charge is 0.507 e. The summed E-state index contributed by atoms with van der Waals surface area (Å²) in [6.45, 7) is 0. The van der Waals surface area contributed by atoms with Crippen molar-refractivity contribution < 1.29 is 5.11 Å². The number of hydrogen-bond donors (Lipinski definition) is 2. The van der Waals surface area contributed by atoms with Gasteiger partial charge in [-0.25, -0.2) is 0 Å². The van der Waals surface area contributed by atoms with Gasteiger partial charge >= 0.3 is 0 Å². The van der Waals surface area contributed by atoms with Gasteiger partial charge in [-0.15, -0.1) is 0 Å². The van der Waals surface area contributed by atoms with Crippen molar-refractivity contribution in [1.29, 1.82) is 0 Å². The lowest BCUT2D eigenvalue weighted by molar-refractivity contribution is 0.478. The van der Waals surface area contributed by atoms with Crippen LogP contribution >= 0.6 is 0 Å². The van der Waals surface area contributed by atoms with Crippen molar-refractivity contribution >= 4 is 16.5 Å². The number of phenolic OH excluding ortho intramolecular Hbond substituents is 1. The molecule has 3 rings (SSSR count). The van der Waals surface area contributed by atoms with Crippen LogP contribution in [0.1, 0.15) is 0 Å². The maximum atomic E-state index is 10.1. The van der Waals surface area contributed by atoms with Crippen molar-refractivity contribution in [2.75, 3.05) is 5.73 Å².